The number of para-hydroxylation sites is 1. The average molecular weight is 321 g/mol. The van der Waals surface area contributed by atoms with Gasteiger partial charge in [0.15, 0.2) is 0 Å². The van der Waals surface area contributed by atoms with Gasteiger partial charge in [-0.25, -0.2) is 0 Å². The highest BCUT2D eigenvalue weighted by molar-refractivity contribution is 6.30. The van der Waals surface area contributed by atoms with Crippen molar-refractivity contribution < 1.29 is 0 Å². The highest BCUT2D eigenvalue weighted by atomic mass is 35.5. The van der Waals surface area contributed by atoms with Gasteiger partial charge < -0.3 is 10.2 Å². The highest BCUT2D eigenvalue weighted by Gasteiger charge is 2.19. The third kappa shape index (κ3) is 3.03. The van der Waals surface area contributed by atoms with Crippen molar-refractivity contribution in [2.24, 2.45) is 0 Å². The molecule has 1 heterocycles. The lowest BCUT2D eigenvalue weighted by Crippen LogP contribution is -2.13. The minimum Gasteiger partial charge on any atom is -0.363 e. The smallest absolute Gasteiger partial charge is 0.0437 e. The van der Waals surface area contributed by atoms with Crippen LogP contribution in [0.5, 0.6) is 0 Å². The summed E-state index contributed by atoms with van der Waals surface area (Å²) >= 11 is 5.98. The third-order valence-electron chi connectivity index (χ3n) is 4.18. The molecule has 0 fully saturated rings. The van der Waals surface area contributed by atoms with Gasteiger partial charge in [0.05, 0.1) is 0 Å². The maximum absolute atomic E-state index is 5.98. The largest absolute Gasteiger partial charge is 0.363 e. The van der Waals surface area contributed by atoms with Crippen molar-refractivity contribution in [3.63, 3.8) is 0 Å². The molecule has 0 aliphatic carbocycles. The Morgan fingerprint density at radius 3 is 2.26 bits per heavy atom. The lowest BCUT2D eigenvalue weighted by atomic mass is 10.1. The molecule has 0 amide bonds. The van der Waals surface area contributed by atoms with Gasteiger partial charge in [-0.1, -0.05) is 35.9 Å². The van der Waals surface area contributed by atoms with E-state index >= 15 is 0 Å². The van der Waals surface area contributed by atoms with Crippen molar-refractivity contribution in [3.8, 4) is 0 Å². The molecule has 3 aromatic carbocycles. The van der Waals surface area contributed by atoms with Gasteiger partial charge in [0.25, 0.3) is 0 Å². The van der Waals surface area contributed by atoms with Gasteiger partial charge in [-0.05, 0) is 59.7 Å². The first-order valence-electron chi connectivity index (χ1n) is 7.72. The molecule has 0 aromatic heterocycles. The second kappa shape index (κ2) is 5.98. The van der Waals surface area contributed by atoms with E-state index < -0.39 is 0 Å². The van der Waals surface area contributed by atoms with Gasteiger partial charge in [0.1, 0.15) is 0 Å². The Bertz CT molecular complexity index is 813. The lowest BCUT2D eigenvalue weighted by molar-refractivity contribution is 0.881. The number of nitrogens with one attached hydrogen (secondary N) is 1. The molecule has 0 radical (unpaired) electrons. The van der Waals surface area contributed by atoms with Gasteiger partial charge in [-0.2, -0.15) is 0 Å². The first kappa shape index (κ1) is 14.2. The van der Waals surface area contributed by atoms with Crippen LogP contribution in [0.15, 0.2) is 72.8 Å². The summed E-state index contributed by atoms with van der Waals surface area (Å²) in [5.41, 5.74) is 6.22. The summed E-state index contributed by atoms with van der Waals surface area (Å²) < 4.78 is 0. The van der Waals surface area contributed by atoms with Crippen molar-refractivity contribution in [2.75, 3.05) is 10.2 Å². The molecule has 1 aliphatic rings. The van der Waals surface area contributed by atoms with Gasteiger partial charge in [0, 0.05) is 35.2 Å². The van der Waals surface area contributed by atoms with Crippen LogP contribution in [0.4, 0.5) is 17.1 Å². The van der Waals surface area contributed by atoms with E-state index in [0.29, 0.717) is 0 Å². The molecule has 0 saturated carbocycles. The summed E-state index contributed by atoms with van der Waals surface area (Å²) in [6.45, 7) is 1.88. The molecule has 0 unspecified atom stereocenters. The molecule has 4 rings (SSSR count). The summed E-state index contributed by atoms with van der Waals surface area (Å²) in [5, 5.41) is 4.24. The van der Waals surface area contributed by atoms with E-state index in [-0.39, 0.29) is 0 Å². The Kier molecular flexibility index (Phi) is 3.68. The first-order valence-corrected chi connectivity index (χ1v) is 8.10. The van der Waals surface area contributed by atoms with Crippen LogP contribution in [0.2, 0.25) is 5.02 Å². The SMILES string of the molecule is Clc1ccc(N2Cc3ccc(Nc4ccccc4)cc3C2)cc1. The summed E-state index contributed by atoms with van der Waals surface area (Å²) in [6, 6.07) is 24.9. The highest BCUT2D eigenvalue weighted by Crippen LogP contribution is 2.31. The second-order valence-electron chi connectivity index (χ2n) is 5.81. The van der Waals surface area contributed by atoms with Crippen LogP contribution in [-0.4, -0.2) is 0 Å². The Morgan fingerprint density at radius 2 is 1.48 bits per heavy atom. The average Bonchev–Trinajstić information content (AvgIpc) is 3.00. The molecule has 1 aliphatic heterocycles. The van der Waals surface area contributed by atoms with Crippen molar-refractivity contribution >= 4 is 28.7 Å². The van der Waals surface area contributed by atoms with Crippen LogP contribution in [0.25, 0.3) is 0 Å². The molecule has 1 N–H and O–H groups in total. The van der Waals surface area contributed by atoms with Crippen molar-refractivity contribution in [3.05, 3.63) is 88.9 Å². The van der Waals surface area contributed by atoms with E-state index in [9.17, 15) is 0 Å². The molecule has 0 saturated heterocycles. The molecule has 114 valence electrons. The molecule has 0 spiro atoms. The summed E-state index contributed by atoms with van der Waals surface area (Å²) in [5.74, 6) is 0. The fourth-order valence-electron chi connectivity index (χ4n) is 2.99. The Hall–Kier alpha value is -2.45. The number of fused-ring (bicyclic) bond motifs is 1. The fraction of sp³-hybridized carbons (Fsp3) is 0.100. The van der Waals surface area contributed by atoms with E-state index in [4.69, 9.17) is 11.6 Å². The van der Waals surface area contributed by atoms with E-state index in [1.54, 1.807) is 0 Å². The Morgan fingerprint density at radius 1 is 0.739 bits per heavy atom. The second-order valence-corrected chi connectivity index (χ2v) is 6.24. The normalized spacial score (nSPS) is 13.0. The minimum atomic E-state index is 0.778. The predicted molar refractivity (Wildman–Crippen MR) is 97.5 cm³/mol. The molecule has 0 atom stereocenters. The Balaban J connectivity index is 1.54. The molecular formula is C20H17ClN2. The summed E-state index contributed by atoms with van der Waals surface area (Å²) in [6.07, 6.45) is 0. The monoisotopic (exact) mass is 320 g/mol. The number of hydrogen-bond donors (Lipinski definition) is 1. The predicted octanol–water partition coefficient (Wildman–Crippen LogP) is 5.60. The van der Waals surface area contributed by atoms with Crippen LogP contribution in [0, 0.1) is 0 Å². The number of anilines is 3. The Labute approximate surface area is 141 Å². The van der Waals surface area contributed by atoms with E-state index in [1.165, 1.54) is 16.8 Å². The number of hydrogen-bond acceptors (Lipinski definition) is 2. The first-order chi connectivity index (χ1) is 11.3. The van der Waals surface area contributed by atoms with E-state index in [0.717, 1.165) is 29.5 Å². The van der Waals surface area contributed by atoms with Gasteiger partial charge in [-0.3, -0.25) is 0 Å². The van der Waals surface area contributed by atoms with Gasteiger partial charge in [0.2, 0.25) is 0 Å². The third-order valence-corrected chi connectivity index (χ3v) is 4.43. The lowest BCUT2D eigenvalue weighted by Gasteiger charge is -2.17. The zero-order chi connectivity index (χ0) is 15.6. The van der Waals surface area contributed by atoms with E-state index in [1.807, 2.05) is 30.3 Å². The minimum absolute atomic E-state index is 0.778. The zero-order valence-electron chi connectivity index (χ0n) is 12.7. The van der Waals surface area contributed by atoms with Crippen LogP contribution >= 0.6 is 11.6 Å². The number of benzene rings is 3. The zero-order valence-corrected chi connectivity index (χ0v) is 13.4. The maximum atomic E-state index is 5.98. The maximum Gasteiger partial charge on any atom is 0.0437 e. The molecule has 23 heavy (non-hydrogen) atoms. The molecular weight excluding hydrogens is 304 g/mol. The van der Waals surface area contributed by atoms with Crippen molar-refractivity contribution in [1.82, 2.24) is 0 Å². The van der Waals surface area contributed by atoms with E-state index in [2.05, 4.69) is 52.7 Å². The van der Waals surface area contributed by atoms with Crippen LogP contribution < -0.4 is 10.2 Å². The van der Waals surface area contributed by atoms with Crippen molar-refractivity contribution in [1.29, 1.82) is 0 Å². The number of halogens is 1. The van der Waals surface area contributed by atoms with Gasteiger partial charge >= 0.3 is 0 Å². The molecule has 3 heteroatoms. The summed E-state index contributed by atoms with van der Waals surface area (Å²) in [7, 11) is 0. The molecule has 3 aromatic rings. The van der Waals surface area contributed by atoms with Crippen LogP contribution in [0.3, 0.4) is 0 Å². The van der Waals surface area contributed by atoms with Crippen molar-refractivity contribution in [2.45, 2.75) is 13.1 Å². The van der Waals surface area contributed by atoms with Crippen LogP contribution in [0.1, 0.15) is 11.1 Å². The molecule has 0 bridgehead atoms. The van der Waals surface area contributed by atoms with Gasteiger partial charge in [-0.15, -0.1) is 0 Å². The number of rotatable bonds is 3. The quantitative estimate of drug-likeness (QED) is 0.675. The topological polar surface area (TPSA) is 15.3 Å². The molecule has 2 nitrogen and oxygen atoms in total. The van der Waals surface area contributed by atoms with Crippen LogP contribution in [-0.2, 0) is 13.1 Å². The number of nitrogens with zero attached hydrogens (tertiary/aromatic N) is 1. The standard InChI is InChI=1S/C20H17ClN2/c21-17-7-10-20(11-8-17)23-13-15-6-9-19(12-16(15)14-23)22-18-4-2-1-3-5-18/h1-12,22H,13-14H2. The fourth-order valence-corrected chi connectivity index (χ4v) is 3.12. The summed E-state index contributed by atoms with van der Waals surface area (Å²) in [4.78, 5) is 2.37.